The van der Waals surface area contributed by atoms with Crippen molar-refractivity contribution in [2.24, 2.45) is 22.9 Å². The van der Waals surface area contributed by atoms with Crippen LogP contribution in [0, 0.1) is 17.8 Å². The number of amides is 1. The van der Waals surface area contributed by atoms with Crippen molar-refractivity contribution in [3.63, 3.8) is 0 Å². The Morgan fingerprint density at radius 3 is 2.33 bits per heavy atom. The molecule has 0 heterocycles. The molecule has 4 aliphatic rings. The van der Waals surface area contributed by atoms with Crippen molar-refractivity contribution in [2.45, 2.75) is 44.1 Å². The second-order valence-electron chi connectivity index (χ2n) is 7.81. The summed E-state index contributed by atoms with van der Waals surface area (Å²) in [5, 5.41) is 7.84. The minimum absolute atomic E-state index is 0.0220. The van der Waals surface area contributed by atoms with Gasteiger partial charge in [-0.1, -0.05) is 28.9 Å². The average Bonchev–Trinajstić information content (AvgIpc) is 2.51. The third-order valence-corrected chi connectivity index (χ3v) is 6.04. The topological polar surface area (TPSA) is 50.7 Å². The number of oxime groups is 1. The molecule has 0 atom stereocenters. The highest BCUT2D eigenvalue weighted by Crippen LogP contribution is 2.55. The SMILES string of the molecule is O=C(CO/N=C\c1ccc(Cl)cc1)NC12CC3CC(CC(C3)C1)C2. The standard InChI is InChI=1S/C19H23ClN2O2/c20-17-3-1-13(2-4-17)11-21-24-12-18(23)22-19-8-14-5-15(9-19)7-16(6-14)10-19/h1-4,11,14-16H,5-10,12H2,(H,22,23)/b21-11-. The van der Waals surface area contributed by atoms with Gasteiger partial charge in [0.25, 0.3) is 5.91 Å². The molecule has 0 saturated heterocycles. The Hall–Kier alpha value is -1.55. The molecule has 4 aliphatic carbocycles. The van der Waals surface area contributed by atoms with Crippen molar-refractivity contribution in [2.75, 3.05) is 6.61 Å². The molecular weight excluding hydrogens is 324 g/mol. The first-order valence-corrected chi connectivity index (χ1v) is 9.20. The number of rotatable bonds is 5. The van der Waals surface area contributed by atoms with Crippen molar-refractivity contribution in [1.82, 2.24) is 5.32 Å². The van der Waals surface area contributed by atoms with Crippen molar-refractivity contribution in [3.05, 3.63) is 34.9 Å². The first kappa shape index (κ1) is 15.9. The van der Waals surface area contributed by atoms with E-state index in [1.54, 1.807) is 18.3 Å². The van der Waals surface area contributed by atoms with Crippen molar-refractivity contribution < 1.29 is 9.63 Å². The quantitative estimate of drug-likeness (QED) is 0.651. The summed E-state index contributed by atoms with van der Waals surface area (Å²) in [5.74, 6) is 2.41. The van der Waals surface area contributed by atoms with E-state index in [-0.39, 0.29) is 18.1 Å². The number of carbonyl (C=O) groups is 1. The number of halogens is 1. The fourth-order valence-corrected chi connectivity index (χ4v) is 5.46. The van der Waals surface area contributed by atoms with Crippen LogP contribution in [0.3, 0.4) is 0 Å². The van der Waals surface area contributed by atoms with Gasteiger partial charge in [-0.25, -0.2) is 0 Å². The lowest BCUT2D eigenvalue weighted by molar-refractivity contribution is -0.131. The van der Waals surface area contributed by atoms with Crippen LogP contribution < -0.4 is 5.32 Å². The third kappa shape index (κ3) is 3.44. The fraction of sp³-hybridized carbons (Fsp3) is 0.579. The van der Waals surface area contributed by atoms with E-state index in [9.17, 15) is 4.79 Å². The summed E-state index contributed by atoms with van der Waals surface area (Å²) in [4.78, 5) is 17.4. The van der Waals surface area contributed by atoms with E-state index in [0.717, 1.165) is 42.6 Å². The highest BCUT2D eigenvalue weighted by atomic mass is 35.5. The zero-order valence-corrected chi connectivity index (χ0v) is 14.5. The van der Waals surface area contributed by atoms with E-state index >= 15 is 0 Å². The van der Waals surface area contributed by atoms with Crippen LogP contribution in [0.1, 0.15) is 44.1 Å². The predicted molar refractivity (Wildman–Crippen MR) is 94.0 cm³/mol. The molecule has 0 aromatic heterocycles. The Kier molecular flexibility index (Phi) is 4.25. The maximum atomic E-state index is 12.3. The Bertz CT molecular complexity index is 606. The normalized spacial score (nSPS) is 33.8. The molecule has 0 spiro atoms. The number of nitrogens with one attached hydrogen (secondary N) is 1. The van der Waals surface area contributed by atoms with Gasteiger partial charge in [0, 0.05) is 10.6 Å². The lowest BCUT2D eigenvalue weighted by atomic mass is 9.53. The molecule has 4 saturated carbocycles. The minimum atomic E-state index is -0.0507. The van der Waals surface area contributed by atoms with Crippen LogP contribution in [-0.2, 0) is 9.63 Å². The lowest BCUT2D eigenvalue weighted by Crippen LogP contribution is -2.60. The van der Waals surface area contributed by atoms with Crippen molar-refractivity contribution in [1.29, 1.82) is 0 Å². The van der Waals surface area contributed by atoms with Crippen LogP contribution >= 0.6 is 11.6 Å². The molecule has 1 N–H and O–H groups in total. The smallest absolute Gasteiger partial charge is 0.261 e. The maximum Gasteiger partial charge on any atom is 0.261 e. The molecule has 4 nitrogen and oxygen atoms in total. The van der Waals surface area contributed by atoms with Gasteiger partial charge in [0.05, 0.1) is 6.21 Å². The molecule has 5 rings (SSSR count). The van der Waals surface area contributed by atoms with E-state index in [4.69, 9.17) is 16.4 Å². The van der Waals surface area contributed by atoms with E-state index in [1.807, 2.05) is 12.1 Å². The molecule has 5 heteroatoms. The fourth-order valence-electron chi connectivity index (χ4n) is 5.34. The van der Waals surface area contributed by atoms with Gasteiger partial charge in [0.1, 0.15) is 0 Å². The van der Waals surface area contributed by atoms with Gasteiger partial charge >= 0.3 is 0 Å². The first-order valence-electron chi connectivity index (χ1n) is 8.82. The Morgan fingerprint density at radius 1 is 1.17 bits per heavy atom. The highest BCUT2D eigenvalue weighted by molar-refractivity contribution is 6.30. The average molecular weight is 347 g/mol. The Labute approximate surface area is 147 Å². The summed E-state index contributed by atoms with van der Waals surface area (Å²) in [6.07, 6.45) is 9.16. The summed E-state index contributed by atoms with van der Waals surface area (Å²) in [5.41, 5.74) is 0.927. The van der Waals surface area contributed by atoms with Crippen LogP contribution in [0.5, 0.6) is 0 Å². The molecule has 0 aliphatic heterocycles. The van der Waals surface area contributed by atoms with Crippen LogP contribution in [0.25, 0.3) is 0 Å². The Balaban J connectivity index is 1.27. The molecule has 0 radical (unpaired) electrons. The monoisotopic (exact) mass is 346 g/mol. The van der Waals surface area contributed by atoms with Gasteiger partial charge in [-0.15, -0.1) is 0 Å². The molecule has 0 unspecified atom stereocenters. The van der Waals surface area contributed by atoms with Gasteiger partial charge in [-0.2, -0.15) is 0 Å². The van der Waals surface area contributed by atoms with Crippen molar-refractivity contribution >= 4 is 23.7 Å². The molecule has 4 fully saturated rings. The van der Waals surface area contributed by atoms with E-state index in [2.05, 4.69) is 10.5 Å². The number of nitrogens with zero attached hydrogens (tertiary/aromatic N) is 1. The molecule has 1 aromatic rings. The molecule has 128 valence electrons. The van der Waals surface area contributed by atoms with Crippen LogP contribution in [-0.4, -0.2) is 24.3 Å². The lowest BCUT2D eigenvalue weighted by Gasteiger charge is -2.56. The van der Waals surface area contributed by atoms with Gasteiger partial charge in [-0.3, -0.25) is 4.79 Å². The minimum Gasteiger partial charge on any atom is -0.386 e. The maximum absolute atomic E-state index is 12.3. The van der Waals surface area contributed by atoms with Crippen LogP contribution in [0.15, 0.2) is 29.4 Å². The van der Waals surface area contributed by atoms with E-state index in [0.29, 0.717) is 5.02 Å². The summed E-state index contributed by atoms with van der Waals surface area (Å²) in [6.45, 7) is -0.0220. The second-order valence-corrected chi connectivity index (χ2v) is 8.24. The molecule has 1 aromatic carbocycles. The molecular formula is C19H23ClN2O2. The number of hydrogen-bond acceptors (Lipinski definition) is 3. The second kappa shape index (κ2) is 6.40. The summed E-state index contributed by atoms with van der Waals surface area (Å²) >= 11 is 5.83. The van der Waals surface area contributed by atoms with Crippen LogP contribution in [0.4, 0.5) is 0 Å². The summed E-state index contributed by atoms with van der Waals surface area (Å²) in [6, 6.07) is 7.29. The number of hydrogen-bond donors (Lipinski definition) is 1. The third-order valence-electron chi connectivity index (χ3n) is 5.78. The summed E-state index contributed by atoms with van der Waals surface area (Å²) < 4.78 is 0. The molecule has 1 amide bonds. The van der Waals surface area contributed by atoms with E-state index < -0.39 is 0 Å². The van der Waals surface area contributed by atoms with Gasteiger partial charge in [0.15, 0.2) is 6.61 Å². The summed E-state index contributed by atoms with van der Waals surface area (Å²) in [7, 11) is 0. The number of benzene rings is 1. The van der Waals surface area contributed by atoms with Gasteiger partial charge in [-0.05, 0) is 74.0 Å². The Morgan fingerprint density at radius 2 is 1.75 bits per heavy atom. The van der Waals surface area contributed by atoms with E-state index in [1.165, 1.54) is 19.3 Å². The number of carbonyl (C=O) groups excluding carboxylic acids is 1. The first-order chi connectivity index (χ1) is 11.6. The largest absolute Gasteiger partial charge is 0.386 e. The zero-order chi connectivity index (χ0) is 16.6. The van der Waals surface area contributed by atoms with Gasteiger partial charge < -0.3 is 10.2 Å². The molecule has 4 bridgehead atoms. The predicted octanol–water partition coefficient (Wildman–Crippen LogP) is 3.78. The zero-order valence-electron chi connectivity index (χ0n) is 13.7. The van der Waals surface area contributed by atoms with Crippen molar-refractivity contribution in [3.8, 4) is 0 Å². The highest BCUT2D eigenvalue weighted by Gasteiger charge is 2.51. The van der Waals surface area contributed by atoms with Gasteiger partial charge in [0.2, 0.25) is 0 Å². The van der Waals surface area contributed by atoms with Crippen LogP contribution in [0.2, 0.25) is 5.02 Å². The molecule has 24 heavy (non-hydrogen) atoms.